The summed E-state index contributed by atoms with van der Waals surface area (Å²) in [6.07, 6.45) is 0.969. The van der Waals surface area contributed by atoms with Crippen LogP contribution in [-0.4, -0.2) is 49.3 Å². The summed E-state index contributed by atoms with van der Waals surface area (Å²) in [5.41, 5.74) is 0.995. The van der Waals surface area contributed by atoms with E-state index in [-0.39, 0.29) is 43.1 Å². The molecule has 1 atom stereocenters. The van der Waals surface area contributed by atoms with Gasteiger partial charge in [0.15, 0.2) is 0 Å². The SMILES string of the molecule is CNC(=O)CCNC(=O)CN1CCC(c2ccccc2)C1=O. The first kappa shape index (κ1) is 16.0. The summed E-state index contributed by atoms with van der Waals surface area (Å²) in [6.45, 7) is 0.916. The molecule has 118 valence electrons. The van der Waals surface area contributed by atoms with Crippen LogP contribution in [0.25, 0.3) is 0 Å². The van der Waals surface area contributed by atoms with E-state index in [1.165, 1.54) is 0 Å². The Labute approximate surface area is 129 Å². The minimum Gasteiger partial charge on any atom is -0.359 e. The maximum atomic E-state index is 12.4. The first-order valence-electron chi connectivity index (χ1n) is 7.43. The summed E-state index contributed by atoms with van der Waals surface area (Å²) in [7, 11) is 1.55. The van der Waals surface area contributed by atoms with Gasteiger partial charge in [0.25, 0.3) is 0 Å². The Morgan fingerprint density at radius 1 is 1.23 bits per heavy atom. The molecule has 1 aliphatic rings. The second-order valence-corrected chi connectivity index (χ2v) is 5.28. The molecule has 0 spiro atoms. The van der Waals surface area contributed by atoms with Crippen molar-refractivity contribution >= 4 is 17.7 Å². The molecule has 1 aromatic rings. The Bertz CT molecular complexity index is 545. The molecule has 1 aliphatic heterocycles. The van der Waals surface area contributed by atoms with Crippen LogP contribution in [0.15, 0.2) is 30.3 Å². The molecule has 6 heteroatoms. The first-order chi connectivity index (χ1) is 10.6. The molecule has 1 saturated heterocycles. The van der Waals surface area contributed by atoms with E-state index >= 15 is 0 Å². The van der Waals surface area contributed by atoms with Crippen LogP contribution in [0.5, 0.6) is 0 Å². The van der Waals surface area contributed by atoms with Crippen LogP contribution in [0.2, 0.25) is 0 Å². The number of benzene rings is 1. The predicted octanol–water partition coefficient (Wildman–Crippen LogP) is 0.255. The Kier molecular flexibility index (Phi) is 5.52. The van der Waals surface area contributed by atoms with Crippen molar-refractivity contribution in [2.45, 2.75) is 18.8 Å². The number of rotatable bonds is 6. The molecule has 22 heavy (non-hydrogen) atoms. The molecule has 0 saturated carbocycles. The lowest BCUT2D eigenvalue weighted by atomic mass is 9.98. The quantitative estimate of drug-likeness (QED) is 0.791. The van der Waals surface area contributed by atoms with Crippen molar-refractivity contribution in [2.24, 2.45) is 0 Å². The third kappa shape index (κ3) is 4.07. The van der Waals surface area contributed by atoms with Crippen LogP contribution >= 0.6 is 0 Å². The number of nitrogens with zero attached hydrogens (tertiary/aromatic N) is 1. The fourth-order valence-electron chi connectivity index (χ4n) is 2.56. The smallest absolute Gasteiger partial charge is 0.239 e. The van der Waals surface area contributed by atoms with E-state index in [1.54, 1.807) is 11.9 Å². The van der Waals surface area contributed by atoms with E-state index in [4.69, 9.17) is 0 Å². The zero-order valence-electron chi connectivity index (χ0n) is 12.7. The Morgan fingerprint density at radius 2 is 1.95 bits per heavy atom. The second kappa shape index (κ2) is 7.59. The summed E-state index contributed by atoms with van der Waals surface area (Å²) in [5, 5.41) is 5.14. The lowest BCUT2D eigenvalue weighted by Gasteiger charge is -2.16. The summed E-state index contributed by atoms with van der Waals surface area (Å²) in [6, 6.07) is 9.62. The van der Waals surface area contributed by atoms with E-state index in [0.717, 1.165) is 12.0 Å². The van der Waals surface area contributed by atoms with Crippen molar-refractivity contribution < 1.29 is 14.4 Å². The van der Waals surface area contributed by atoms with Crippen LogP contribution in [0.1, 0.15) is 24.3 Å². The van der Waals surface area contributed by atoms with Gasteiger partial charge in [0.1, 0.15) is 0 Å². The van der Waals surface area contributed by atoms with Crippen molar-refractivity contribution in [1.82, 2.24) is 15.5 Å². The van der Waals surface area contributed by atoms with E-state index in [9.17, 15) is 14.4 Å². The Balaban J connectivity index is 1.81. The van der Waals surface area contributed by atoms with Gasteiger partial charge >= 0.3 is 0 Å². The summed E-state index contributed by atoms with van der Waals surface area (Å²) < 4.78 is 0. The van der Waals surface area contributed by atoms with Crippen molar-refractivity contribution in [1.29, 1.82) is 0 Å². The molecule has 1 unspecified atom stereocenters. The molecule has 2 rings (SSSR count). The first-order valence-corrected chi connectivity index (χ1v) is 7.43. The standard InChI is InChI=1S/C16H21N3O3/c1-17-14(20)7-9-18-15(21)11-19-10-8-13(16(19)22)12-5-3-2-4-6-12/h2-6,13H,7-11H2,1H3,(H,17,20)(H,18,21). The number of carbonyl (C=O) groups is 3. The summed E-state index contributed by atoms with van der Waals surface area (Å²) in [5.74, 6) is -0.514. The van der Waals surface area contributed by atoms with E-state index in [2.05, 4.69) is 10.6 Å². The average Bonchev–Trinajstić information content (AvgIpc) is 2.89. The van der Waals surface area contributed by atoms with Gasteiger partial charge in [-0.2, -0.15) is 0 Å². The second-order valence-electron chi connectivity index (χ2n) is 5.28. The van der Waals surface area contributed by atoms with Gasteiger partial charge in [-0.15, -0.1) is 0 Å². The van der Waals surface area contributed by atoms with E-state index in [0.29, 0.717) is 6.54 Å². The van der Waals surface area contributed by atoms with Crippen LogP contribution in [-0.2, 0) is 14.4 Å². The van der Waals surface area contributed by atoms with E-state index < -0.39 is 0 Å². The van der Waals surface area contributed by atoms with Crippen LogP contribution in [0, 0.1) is 0 Å². The molecular weight excluding hydrogens is 282 g/mol. The molecular formula is C16H21N3O3. The van der Waals surface area contributed by atoms with Crippen molar-refractivity contribution in [3.05, 3.63) is 35.9 Å². The average molecular weight is 303 g/mol. The Morgan fingerprint density at radius 3 is 2.64 bits per heavy atom. The van der Waals surface area contributed by atoms with Gasteiger partial charge in [-0.05, 0) is 12.0 Å². The Hall–Kier alpha value is -2.37. The molecule has 2 N–H and O–H groups in total. The molecule has 6 nitrogen and oxygen atoms in total. The zero-order valence-corrected chi connectivity index (χ0v) is 12.7. The number of carbonyl (C=O) groups excluding carboxylic acids is 3. The number of likely N-dealkylation sites (tertiary alicyclic amines) is 1. The molecule has 3 amide bonds. The minimum atomic E-state index is -0.231. The lowest BCUT2D eigenvalue weighted by molar-refractivity contribution is -0.134. The maximum absolute atomic E-state index is 12.4. The highest BCUT2D eigenvalue weighted by Gasteiger charge is 2.33. The van der Waals surface area contributed by atoms with Gasteiger partial charge < -0.3 is 15.5 Å². The number of hydrogen-bond acceptors (Lipinski definition) is 3. The van der Waals surface area contributed by atoms with Crippen molar-refractivity contribution in [3.8, 4) is 0 Å². The van der Waals surface area contributed by atoms with Crippen LogP contribution < -0.4 is 10.6 Å². The van der Waals surface area contributed by atoms with Crippen LogP contribution in [0.4, 0.5) is 0 Å². The topological polar surface area (TPSA) is 78.5 Å². The number of nitrogens with one attached hydrogen (secondary N) is 2. The fourth-order valence-corrected chi connectivity index (χ4v) is 2.56. The number of amides is 3. The van der Waals surface area contributed by atoms with Gasteiger partial charge in [0.2, 0.25) is 17.7 Å². The van der Waals surface area contributed by atoms with Crippen molar-refractivity contribution in [2.75, 3.05) is 26.7 Å². The molecule has 0 aliphatic carbocycles. The lowest BCUT2D eigenvalue weighted by Crippen LogP contribution is -2.39. The molecule has 1 fully saturated rings. The van der Waals surface area contributed by atoms with Gasteiger partial charge in [-0.3, -0.25) is 14.4 Å². The van der Waals surface area contributed by atoms with Gasteiger partial charge in [-0.1, -0.05) is 30.3 Å². The van der Waals surface area contributed by atoms with Gasteiger partial charge in [-0.25, -0.2) is 0 Å². The fraction of sp³-hybridized carbons (Fsp3) is 0.438. The highest BCUT2D eigenvalue weighted by Crippen LogP contribution is 2.27. The zero-order chi connectivity index (χ0) is 15.9. The molecule has 1 aromatic carbocycles. The maximum Gasteiger partial charge on any atom is 0.239 e. The minimum absolute atomic E-state index is 0.00680. The number of hydrogen-bond donors (Lipinski definition) is 2. The third-order valence-corrected chi connectivity index (χ3v) is 3.79. The highest BCUT2D eigenvalue weighted by molar-refractivity contribution is 5.90. The summed E-state index contributed by atoms with van der Waals surface area (Å²) >= 11 is 0. The monoisotopic (exact) mass is 303 g/mol. The van der Waals surface area contributed by atoms with Crippen LogP contribution in [0.3, 0.4) is 0 Å². The molecule has 0 bridgehead atoms. The third-order valence-electron chi connectivity index (χ3n) is 3.79. The highest BCUT2D eigenvalue weighted by atomic mass is 16.2. The van der Waals surface area contributed by atoms with Gasteiger partial charge in [0, 0.05) is 26.6 Å². The normalized spacial score (nSPS) is 17.4. The van der Waals surface area contributed by atoms with Gasteiger partial charge in [0.05, 0.1) is 12.5 Å². The predicted molar refractivity (Wildman–Crippen MR) is 82.1 cm³/mol. The van der Waals surface area contributed by atoms with E-state index in [1.807, 2.05) is 30.3 Å². The molecule has 0 aromatic heterocycles. The molecule has 0 radical (unpaired) electrons. The molecule has 1 heterocycles. The summed E-state index contributed by atoms with van der Waals surface area (Å²) in [4.78, 5) is 36.8. The largest absolute Gasteiger partial charge is 0.359 e. The van der Waals surface area contributed by atoms with Crippen molar-refractivity contribution in [3.63, 3.8) is 0 Å².